The zero-order valence-electron chi connectivity index (χ0n) is 21.7. The topological polar surface area (TPSA) is 107 Å². The van der Waals surface area contributed by atoms with Gasteiger partial charge in [-0.1, -0.05) is 35.4 Å². The van der Waals surface area contributed by atoms with E-state index in [4.69, 9.17) is 14.2 Å². The standard InChI is InChI=1S/C27H31N3O6S/c1-18-7-10-22(11-8-18)37(32,33)30(23-12-9-19(2)13-20(23)3)17-26(31)29-28-16-21-14-24(34-4)27(36-6)25(15-21)35-5/h7-16H,17H2,1-6H3,(H,29,31)/b28-16-. The first-order chi connectivity index (χ1) is 17.6. The molecule has 37 heavy (non-hydrogen) atoms. The Morgan fingerprint density at radius 1 is 0.892 bits per heavy atom. The molecule has 0 saturated carbocycles. The molecule has 10 heteroatoms. The van der Waals surface area contributed by atoms with Crippen LogP contribution in [-0.4, -0.2) is 48.4 Å². The van der Waals surface area contributed by atoms with Gasteiger partial charge in [-0.15, -0.1) is 0 Å². The summed E-state index contributed by atoms with van der Waals surface area (Å²) in [5.74, 6) is 0.677. The molecule has 0 atom stereocenters. The van der Waals surface area contributed by atoms with Gasteiger partial charge in [0, 0.05) is 5.56 Å². The van der Waals surface area contributed by atoms with Crippen molar-refractivity contribution in [2.75, 3.05) is 32.2 Å². The number of aryl methyl sites for hydroxylation is 3. The van der Waals surface area contributed by atoms with Crippen LogP contribution >= 0.6 is 0 Å². The summed E-state index contributed by atoms with van der Waals surface area (Å²) in [6.45, 7) is 5.13. The van der Waals surface area contributed by atoms with Crippen LogP contribution in [0.4, 0.5) is 5.69 Å². The molecule has 9 nitrogen and oxygen atoms in total. The van der Waals surface area contributed by atoms with Crippen molar-refractivity contribution in [2.24, 2.45) is 5.10 Å². The fourth-order valence-electron chi connectivity index (χ4n) is 3.74. The first-order valence-corrected chi connectivity index (χ1v) is 12.8. The number of hydrogen-bond donors (Lipinski definition) is 1. The van der Waals surface area contributed by atoms with E-state index >= 15 is 0 Å². The first kappa shape index (κ1) is 27.5. The number of hydrogen-bond acceptors (Lipinski definition) is 7. The van der Waals surface area contributed by atoms with Gasteiger partial charge in [-0.25, -0.2) is 13.8 Å². The maximum atomic E-state index is 13.6. The highest BCUT2D eigenvalue weighted by atomic mass is 32.2. The Morgan fingerprint density at radius 2 is 1.49 bits per heavy atom. The molecule has 0 unspecified atom stereocenters. The Kier molecular flexibility index (Phi) is 8.77. The van der Waals surface area contributed by atoms with Crippen LogP contribution in [0, 0.1) is 20.8 Å². The fraction of sp³-hybridized carbons (Fsp3) is 0.259. The molecular formula is C27H31N3O6S. The van der Waals surface area contributed by atoms with Gasteiger partial charge in [0.1, 0.15) is 6.54 Å². The summed E-state index contributed by atoms with van der Waals surface area (Å²) in [7, 11) is 0.462. The van der Waals surface area contributed by atoms with E-state index < -0.39 is 22.5 Å². The van der Waals surface area contributed by atoms with E-state index in [9.17, 15) is 13.2 Å². The van der Waals surface area contributed by atoms with Gasteiger partial charge < -0.3 is 14.2 Å². The maximum Gasteiger partial charge on any atom is 0.264 e. The van der Waals surface area contributed by atoms with Crippen LogP contribution in [0.15, 0.2) is 64.6 Å². The first-order valence-electron chi connectivity index (χ1n) is 11.4. The van der Waals surface area contributed by atoms with Crippen molar-refractivity contribution >= 4 is 27.8 Å². The van der Waals surface area contributed by atoms with E-state index in [1.165, 1.54) is 39.7 Å². The zero-order valence-corrected chi connectivity index (χ0v) is 22.5. The summed E-state index contributed by atoms with van der Waals surface area (Å²) in [4.78, 5) is 13.0. The van der Waals surface area contributed by atoms with E-state index in [0.29, 0.717) is 28.5 Å². The third-order valence-corrected chi connectivity index (χ3v) is 7.38. The van der Waals surface area contributed by atoms with E-state index in [1.54, 1.807) is 43.3 Å². The summed E-state index contributed by atoms with van der Waals surface area (Å²) in [6.07, 6.45) is 1.40. The summed E-state index contributed by atoms with van der Waals surface area (Å²) in [5, 5.41) is 4.00. The van der Waals surface area contributed by atoms with Gasteiger partial charge in [0.15, 0.2) is 11.5 Å². The summed E-state index contributed by atoms with van der Waals surface area (Å²) < 4.78 is 44.2. The minimum absolute atomic E-state index is 0.0896. The Balaban J connectivity index is 1.88. The predicted molar refractivity (Wildman–Crippen MR) is 143 cm³/mol. The monoisotopic (exact) mass is 525 g/mol. The van der Waals surface area contributed by atoms with E-state index in [-0.39, 0.29) is 4.90 Å². The van der Waals surface area contributed by atoms with Gasteiger partial charge in [0.05, 0.1) is 38.1 Å². The lowest BCUT2D eigenvalue weighted by Gasteiger charge is -2.25. The van der Waals surface area contributed by atoms with Crippen LogP contribution in [0.25, 0.3) is 0 Å². The van der Waals surface area contributed by atoms with Gasteiger partial charge in [-0.3, -0.25) is 9.10 Å². The van der Waals surface area contributed by atoms with Crippen molar-refractivity contribution in [2.45, 2.75) is 25.7 Å². The molecule has 0 aromatic heterocycles. The molecule has 0 aliphatic carbocycles. The number of hydrazone groups is 1. The summed E-state index contributed by atoms with van der Waals surface area (Å²) >= 11 is 0. The number of sulfonamides is 1. The van der Waals surface area contributed by atoms with Crippen molar-refractivity contribution in [1.82, 2.24) is 5.43 Å². The number of carbonyl (C=O) groups is 1. The molecule has 0 saturated heterocycles. The predicted octanol–water partition coefficient (Wildman–Crippen LogP) is 3.98. The average Bonchev–Trinajstić information content (AvgIpc) is 2.87. The van der Waals surface area contributed by atoms with E-state index in [0.717, 1.165) is 21.0 Å². The van der Waals surface area contributed by atoms with Gasteiger partial charge in [-0.2, -0.15) is 5.10 Å². The molecular weight excluding hydrogens is 494 g/mol. The van der Waals surface area contributed by atoms with Crippen molar-refractivity contribution < 1.29 is 27.4 Å². The zero-order chi connectivity index (χ0) is 27.2. The Hall–Kier alpha value is -4.05. The third kappa shape index (κ3) is 6.39. The number of rotatable bonds is 10. The van der Waals surface area contributed by atoms with Crippen molar-refractivity contribution in [3.8, 4) is 17.2 Å². The van der Waals surface area contributed by atoms with Gasteiger partial charge in [0.25, 0.3) is 15.9 Å². The number of anilines is 1. The van der Waals surface area contributed by atoms with E-state index in [1.807, 2.05) is 19.9 Å². The number of nitrogens with zero attached hydrogens (tertiary/aromatic N) is 2. The third-order valence-electron chi connectivity index (χ3n) is 5.61. The SMILES string of the molecule is COc1cc(/C=N\NC(=O)CN(c2ccc(C)cc2C)S(=O)(=O)c2ccc(C)cc2)cc(OC)c1OC. The van der Waals surface area contributed by atoms with Crippen LogP contribution in [0.2, 0.25) is 0 Å². The maximum absolute atomic E-state index is 13.6. The second-order valence-electron chi connectivity index (χ2n) is 8.37. The van der Waals surface area contributed by atoms with Crippen LogP contribution in [0.1, 0.15) is 22.3 Å². The molecule has 0 heterocycles. The van der Waals surface area contributed by atoms with Crippen LogP contribution in [0.5, 0.6) is 17.2 Å². The van der Waals surface area contributed by atoms with Crippen molar-refractivity contribution in [3.63, 3.8) is 0 Å². The Morgan fingerprint density at radius 3 is 2.03 bits per heavy atom. The molecule has 0 fully saturated rings. The normalized spacial score (nSPS) is 11.3. The highest BCUT2D eigenvalue weighted by molar-refractivity contribution is 7.92. The quantitative estimate of drug-likeness (QED) is 0.317. The second-order valence-corrected chi connectivity index (χ2v) is 10.2. The summed E-state index contributed by atoms with van der Waals surface area (Å²) in [5.41, 5.74) is 6.03. The Bertz CT molecular complexity index is 1380. The number of methoxy groups -OCH3 is 3. The molecule has 1 amide bonds. The number of benzene rings is 3. The molecule has 3 aromatic rings. The lowest BCUT2D eigenvalue weighted by atomic mass is 10.1. The smallest absolute Gasteiger partial charge is 0.264 e. The van der Waals surface area contributed by atoms with Gasteiger partial charge >= 0.3 is 0 Å². The highest BCUT2D eigenvalue weighted by Gasteiger charge is 2.28. The number of amides is 1. The number of nitrogens with one attached hydrogen (secondary N) is 1. The number of carbonyl (C=O) groups excluding carboxylic acids is 1. The minimum Gasteiger partial charge on any atom is -0.493 e. The molecule has 3 rings (SSSR count). The molecule has 0 aliphatic rings. The fourth-order valence-corrected chi connectivity index (χ4v) is 5.23. The largest absolute Gasteiger partial charge is 0.493 e. The van der Waals surface area contributed by atoms with Crippen molar-refractivity contribution in [3.05, 3.63) is 76.9 Å². The molecule has 3 aromatic carbocycles. The molecule has 0 aliphatic heterocycles. The average molecular weight is 526 g/mol. The molecule has 0 spiro atoms. The van der Waals surface area contributed by atoms with Crippen molar-refractivity contribution in [1.29, 1.82) is 0 Å². The molecule has 1 N–H and O–H groups in total. The Labute approximate surface area is 217 Å². The number of ether oxygens (including phenoxy) is 3. The van der Waals surface area contributed by atoms with Crippen LogP contribution < -0.4 is 23.9 Å². The lowest BCUT2D eigenvalue weighted by molar-refractivity contribution is -0.119. The highest BCUT2D eigenvalue weighted by Crippen LogP contribution is 2.37. The van der Waals surface area contributed by atoms with Gasteiger partial charge in [0.2, 0.25) is 5.75 Å². The second kappa shape index (κ2) is 11.8. The van der Waals surface area contributed by atoms with Gasteiger partial charge in [-0.05, 0) is 56.7 Å². The lowest BCUT2D eigenvalue weighted by Crippen LogP contribution is -2.40. The van der Waals surface area contributed by atoms with Crippen LogP contribution in [-0.2, 0) is 14.8 Å². The van der Waals surface area contributed by atoms with E-state index in [2.05, 4.69) is 10.5 Å². The molecule has 0 radical (unpaired) electrons. The minimum atomic E-state index is -4.03. The summed E-state index contributed by atoms with van der Waals surface area (Å²) in [6, 6.07) is 15.2. The molecule has 196 valence electrons. The molecule has 0 bridgehead atoms. The van der Waals surface area contributed by atoms with Crippen LogP contribution in [0.3, 0.4) is 0 Å².